The van der Waals surface area contributed by atoms with E-state index in [1.165, 1.54) is 55.1 Å². The molecule has 0 unspecified atom stereocenters. The molecule has 4 aromatic rings. The molecule has 1 aromatic heterocycles. The second-order valence-electron chi connectivity index (χ2n) is 6.98. The molecule has 8 nitrogen and oxygen atoms in total. The molecule has 0 spiro atoms. The molecule has 3 aromatic carbocycles. The molecule has 0 aliphatic carbocycles. The van der Waals surface area contributed by atoms with Crippen LogP contribution in [0.5, 0.6) is 11.5 Å². The van der Waals surface area contributed by atoms with Crippen molar-refractivity contribution in [3.8, 4) is 22.6 Å². The van der Waals surface area contributed by atoms with Crippen molar-refractivity contribution >= 4 is 26.8 Å². The van der Waals surface area contributed by atoms with Crippen LogP contribution in [0.1, 0.15) is 0 Å². The number of ether oxygens (including phenoxy) is 2. The van der Waals surface area contributed by atoms with Crippen molar-refractivity contribution in [2.24, 2.45) is 7.05 Å². The zero-order chi connectivity index (χ0) is 23.8. The highest BCUT2D eigenvalue weighted by Crippen LogP contribution is 2.35. The number of aromatic nitrogens is 1. The van der Waals surface area contributed by atoms with E-state index in [4.69, 9.17) is 9.15 Å². The average molecular weight is 476 g/mol. The third-order valence-electron chi connectivity index (χ3n) is 4.92. The van der Waals surface area contributed by atoms with Crippen LogP contribution in [-0.4, -0.2) is 26.7 Å². The summed E-state index contributed by atoms with van der Waals surface area (Å²) in [5.41, 5.74) is 1.44. The van der Waals surface area contributed by atoms with E-state index < -0.39 is 22.4 Å². The van der Waals surface area contributed by atoms with Crippen LogP contribution >= 0.6 is 0 Å². The fourth-order valence-electron chi connectivity index (χ4n) is 3.28. The van der Waals surface area contributed by atoms with E-state index in [1.54, 1.807) is 24.3 Å². The highest BCUT2D eigenvalue weighted by Gasteiger charge is 2.19. The van der Waals surface area contributed by atoms with Crippen LogP contribution in [0, 0.1) is 0 Å². The summed E-state index contributed by atoms with van der Waals surface area (Å²) >= 11 is 0. The number of methoxy groups -OCH3 is 1. The minimum Gasteiger partial charge on any atom is -0.497 e. The summed E-state index contributed by atoms with van der Waals surface area (Å²) in [4.78, 5) is 11.5. The number of aryl methyl sites for hydroxylation is 1. The largest absolute Gasteiger partial charge is 0.497 e. The fraction of sp³-hybridized carbons (Fsp3) is 0.136. The molecule has 4 rings (SSSR count). The number of alkyl halides is 2. The van der Waals surface area contributed by atoms with Gasteiger partial charge < -0.3 is 13.9 Å². The van der Waals surface area contributed by atoms with Gasteiger partial charge in [-0.1, -0.05) is 12.1 Å². The van der Waals surface area contributed by atoms with Crippen molar-refractivity contribution in [3.63, 3.8) is 0 Å². The summed E-state index contributed by atoms with van der Waals surface area (Å²) in [5, 5.41) is 0. The first kappa shape index (κ1) is 22.3. The summed E-state index contributed by atoms with van der Waals surface area (Å²) in [6.45, 7) is -3.06. The first-order chi connectivity index (χ1) is 15.7. The lowest BCUT2D eigenvalue weighted by molar-refractivity contribution is -0.0494. The molecule has 0 fully saturated rings. The van der Waals surface area contributed by atoms with Crippen LogP contribution in [0.4, 0.5) is 14.5 Å². The SMILES string of the molecule is COc1ccc(-c2cc(NS(=O)(=O)c3ccc4c(c3)oc(=O)n4C)ccc2OC(F)F)cc1. The lowest BCUT2D eigenvalue weighted by atomic mass is 10.0. The highest BCUT2D eigenvalue weighted by atomic mass is 32.2. The van der Waals surface area contributed by atoms with Crippen LogP contribution in [0.3, 0.4) is 0 Å². The Hall–Kier alpha value is -3.86. The Morgan fingerprint density at radius 3 is 2.42 bits per heavy atom. The maximum atomic E-state index is 12.9. The molecule has 0 aliphatic rings. The van der Waals surface area contributed by atoms with Crippen LogP contribution in [0.25, 0.3) is 22.2 Å². The summed E-state index contributed by atoms with van der Waals surface area (Å²) in [5.74, 6) is -0.174. The van der Waals surface area contributed by atoms with Crippen LogP contribution in [0.2, 0.25) is 0 Å². The number of halogens is 2. The minimum atomic E-state index is -4.08. The molecule has 0 saturated heterocycles. The van der Waals surface area contributed by atoms with Gasteiger partial charge in [0.15, 0.2) is 5.58 Å². The number of hydrogen-bond donors (Lipinski definition) is 1. The van der Waals surface area contributed by atoms with Gasteiger partial charge in [0.2, 0.25) is 0 Å². The van der Waals surface area contributed by atoms with Crippen LogP contribution in [0.15, 0.2) is 74.8 Å². The molecule has 33 heavy (non-hydrogen) atoms. The number of anilines is 1. The molecule has 0 aliphatic heterocycles. The van der Waals surface area contributed by atoms with E-state index in [-0.39, 0.29) is 27.5 Å². The Kier molecular flexibility index (Phi) is 5.81. The van der Waals surface area contributed by atoms with Crippen molar-refractivity contribution < 1.29 is 31.1 Å². The number of nitrogens with one attached hydrogen (secondary N) is 1. The fourth-order valence-corrected chi connectivity index (χ4v) is 4.35. The molecule has 0 atom stereocenters. The number of hydrogen-bond acceptors (Lipinski definition) is 6. The Labute approximate surface area is 187 Å². The number of oxazole rings is 1. The zero-order valence-electron chi connectivity index (χ0n) is 17.4. The van der Waals surface area contributed by atoms with Crippen LogP contribution < -0.4 is 20.0 Å². The molecule has 11 heteroatoms. The quantitative estimate of drug-likeness (QED) is 0.429. The predicted octanol–water partition coefficient (Wildman–Crippen LogP) is 4.21. The van der Waals surface area contributed by atoms with Gasteiger partial charge >= 0.3 is 12.4 Å². The number of benzene rings is 3. The average Bonchev–Trinajstić information content (AvgIpc) is 3.07. The summed E-state index contributed by atoms with van der Waals surface area (Å²) < 4.78 is 70.1. The zero-order valence-corrected chi connectivity index (χ0v) is 18.2. The molecule has 0 radical (unpaired) electrons. The third kappa shape index (κ3) is 4.53. The standard InChI is InChI=1S/C22H18F2N2O6S/c1-26-18-9-8-16(12-20(18)32-22(26)27)33(28,29)25-14-5-10-19(31-21(23)24)17(11-14)13-3-6-15(30-2)7-4-13/h3-12,21,25H,1-2H3. The van der Waals surface area contributed by atoms with Gasteiger partial charge in [0, 0.05) is 24.4 Å². The Morgan fingerprint density at radius 2 is 1.76 bits per heavy atom. The minimum absolute atomic E-state index is 0.116. The van der Waals surface area contributed by atoms with Gasteiger partial charge in [-0.25, -0.2) is 13.2 Å². The van der Waals surface area contributed by atoms with Gasteiger partial charge in [0.1, 0.15) is 11.5 Å². The topological polar surface area (TPSA) is 99.8 Å². The predicted molar refractivity (Wildman–Crippen MR) is 117 cm³/mol. The number of sulfonamides is 1. The van der Waals surface area contributed by atoms with E-state index >= 15 is 0 Å². The summed E-state index contributed by atoms with van der Waals surface area (Å²) in [6, 6.07) is 14.5. The van der Waals surface area contributed by atoms with Crippen molar-refractivity contribution in [2.45, 2.75) is 11.5 Å². The van der Waals surface area contributed by atoms with Gasteiger partial charge in [0.05, 0.1) is 17.5 Å². The summed E-state index contributed by atoms with van der Waals surface area (Å²) in [6.07, 6.45) is 0. The Bertz CT molecular complexity index is 1480. The first-order valence-electron chi connectivity index (χ1n) is 9.53. The first-order valence-corrected chi connectivity index (χ1v) is 11.0. The van der Waals surface area contributed by atoms with E-state index in [1.807, 2.05) is 0 Å². The van der Waals surface area contributed by atoms with Crippen molar-refractivity contribution in [2.75, 3.05) is 11.8 Å². The third-order valence-corrected chi connectivity index (χ3v) is 6.30. The lowest BCUT2D eigenvalue weighted by Crippen LogP contribution is -2.13. The Balaban J connectivity index is 1.71. The van der Waals surface area contributed by atoms with E-state index in [0.717, 1.165) is 0 Å². The van der Waals surface area contributed by atoms with E-state index in [9.17, 15) is 22.0 Å². The van der Waals surface area contributed by atoms with Gasteiger partial charge in [0.25, 0.3) is 10.0 Å². The molecule has 0 bridgehead atoms. The Morgan fingerprint density at radius 1 is 1.03 bits per heavy atom. The van der Waals surface area contributed by atoms with Crippen molar-refractivity contribution in [1.29, 1.82) is 0 Å². The molecule has 0 amide bonds. The normalized spacial score (nSPS) is 11.7. The van der Waals surface area contributed by atoms with Crippen LogP contribution in [-0.2, 0) is 17.1 Å². The monoisotopic (exact) mass is 476 g/mol. The van der Waals surface area contributed by atoms with E-state index in [0.29, 0.717) is 16.8 Å². The number of fused-ring (bicyclic) bond motifs is 1. The van der Waals surface area contributed by atoms with Gasteiger partial charge in [-0.3, -0.25) is 9.29 Å². The lowest BCUT2D eigenvalue weighted by Gasteiger charge is -2.14. The van der Waals surface area contributed by atoms with Gasteiger partial charge in [-0.2, -0.15) is 8.78 Å². The molecule has 1 N–H and O–H groups in total. The maximum absolute atomic E-state index is 12.9. The maximum Gasteiger partial charge on any atom is 0.419 e. The molecular formula is C22H18F2N2O6S. The molecule has 1 heterocycles. The van der Waals surface area contributed by atoms with Crippen molar-refractivity contribution in [3.05, 3.63) is 71.2 Å². The van der Waals surface area contributed by atoms with Gasteiger partial charge in [-0.05, 0) is 48.0 Å². The number of rotatable bonds is 7. The highest BCUT2D eigenvalue weighted by molar-refractivity contribution is 7.92. The smallest absolute Gasteiger partial charge is 0.419 e. The van der Waals surface area contributed by atoms with Crippen molar-refractivity contribution in [1.82, 2.24) is 4.57 Å². The van der Waals surface area contributed by atoms with Gasteiger partial charge in [-0.15, -0.1) is 0 Å². The summed E-state index contributed by atoms with van der Waals surface area (Å²) in [7, 11) is -1.09. The molecule has 172 valence electrons. The molecule has 0 saturated carbocycles. The second kappa shape index (κ2) is 8.58. The second-order valence-corrected chi connectivity index (χ2v) is 8.66. The van der Waals surface area contributed by atoms with E-state index in [2.05, 4.69) is 9.46 Å². The molecular weight excluding hydrogens is 458 g/mol. The number of nitrogens with zero attached hydrogens (tertiary/aromatic N) is 1.